The number of Topliss-reactive ketones (excluding diaryl/α,β-unsaturated/α-hetero) is 2. The monoisotopic (exact) mass is 661 g/mol. The molecular formula is C32H43N3O8S2. The number of nitrogens with one attached hydrogen (secondary N) is 2. The number of amides is 2. The molecule has 3 N–H and O–H groups in total. The van der Waals surface area contributed by atoms with E-state index in [2.05, 4.69) is 10.3 Å². The van der Waals surface area contributed by atoms with Crippen LogP contribution in [0.15, 0.2) is 30.5 Å². The molecule has 2 amide bonds. The highest BCUT2D eigenvalue weighted by atomic mass is 33.1. The minimum Gasteiger partial charge on any atom is -0.481 e. The maximum atomic E-state index is 13.9. The predicted octanol–water partition coefficient (Wildman–Crippen LogP) is 4.18. The molecule has 2 aromatic rings. The first-order valence-corrected chi connectivity index (χ1v) is 17.3. The van der Waals surface area contributed by atoms with Crippen LogP contribution < -0.4 is 5.32 Å². The van der Waals surface area contributed by atoms with Crippen molar-refractivity contribution in [1.82, 2.24) is 15.2 Å². The Bertz CT molecular complexity index is 1400. The Labute approximate surface area is 271 Å². The van der Waals surface area contributed by atoms with Crippen molar-refractivity contribution >= 4 is 67.8 Å². The summed E-state index contributed by atoms with van der Waals surface area (Å²) in [6.45, 7) is 8.64. The number of rotatable bonds is 16. The van der Waals surface area contributed by atoms with Gasteiger partial charge in [-0.05, 0) is 37.8 Å². The summed E-state index contributed by atoms with van der Waals surface area (Å²) < 4.78 is 5.09. The highest BCUT2D eigenvalue weighted by molar-refractivity contribution is 8.77. The molecule has 45 heavy (non-hydrogen) atoms. The normalized spacial score (nSPS) is 17.0. The molecule has 0 aliphatic carbocycles. The van der Waals surface area contributed by atoms with E-state index in [9.17, 15) is 28.8 Å². The second-order valence-corrected chi connectivity index (χ2v) is 15.7. The number of H-pyrrole nitrogens is 1. The first-order chi connectivity index (χ1) is 21.2. The average molecular weight is 662 g/mol. The van der Waals surface area contributed by atoms with Crippen molar-refractivity contribution in [1.29, 1.82) is 0 Å². The molecule has 0 spiro atoms. The lowest BCUT2D eigenvalue weighted by atomic mass is 9.93. The number of carboxylic acids is 1. The summed E-state index contributed by atoms with van der Waals surface area (Å²) in [6.07, 6.45) is 2.73. The number of aliphatic carboxylic acids is 1. The fourth-order valence-electron chi connectivity index (χ4n) is 5.12. The molecule has 1 fully saturated rings. The van der Waals surface area contributed by atoms with Gasteiger partial charge in [0.15, 0.2) is 5.78 Å². The van der Waals surface area contributed by atoms with E-state index >= 15 is 0 Å². The van der Waals surface area contributed by atoms with E-state index in [1.165, 1.54) is 29.5 Å². The molecule has 1 aromatic heterocycles. The number of hydrogen-bond acceptors (Lipinski definition) is 9. The third-order valence-corrected chi connectivity index (χ3v) is 10.7. The molecule has 2 heterocycles. The Morgan fingerprint density at radius 1 is 1.13 bits per heavy atom. The molecule has 11 nitrogen and oxygen atoms in total. The quantitative estimate of drug-likeness (QED) is 0.176. The van der Waals surface area contributed by atoms with Gasteiger partial charge in [0.05, 0.1) is 5.92 Å². The Morgan fingerprint density at radius 3 is 2.51 bits per heavy atom. The molecule has 1 saturated heterocycles. The molecule has 0 bridgehead atoms. The van der Waals surface area contributed by atoms with E-state index in [0.29, 0.717) is 19.3 Å². The zero-order valence-electron chi connectivity index (χ0n) is 26.4. The summed E-state index contributed by atoms with van der Waals surface area (Å²) in [7, 11) is 3.00. The van der Waals surface area contributed by atoms with E-state index < -0.39 is 60.1 Å². The van der Waals surface area contributed by atoms with Gasteiger partial charge in [-0.3, -0.25) is 19.2 Å². The van der Waals surface area contributed by atoms with Gasteiger partial charge in [0, 0.05) is 52.9 Å². The molecule has 1 aliphatic rings. The van der Waals surface area contributed by atoms with Crippen LogP contribution in [0.5, 0.6) is 0 Å². The number of likely N-dealkylation sites (tertiary alicyclic amines) is 1. The fourth-order valence-corrected chi connectivity index (χ4v) is 7.58. The standard InChI is InChI=1S/C32H43N3O8S2/c1-19(30(40)41)13-23(37)17-43-31(42)27-11-8-12-35(27)29(39)26(18-44-45-32(3,4)5)34-28(38)21(14-20(2)36)15-22-16-33-25-10-7-6-9-24(22)25/h6-7,9-10,16,19,21,26-27,33H,8,11-15,17-18H2,1-5H3,(H,34,38)(H,40,41)/t19-,21+,26-,27+/m1/s1. The van der Waals surface area contributed by atoms with Crippen LogP contribution in [0.2, 0.25) is 0 Å². The predicted molar refractivity (Wildman–Crippen MR) is 175 cm³/mol. The third kappa shape index (κ3) is 10.9. The van der Waals surface area contributed by atoms with Crippen molar-refractivity contribution in [3.05, 3.63) is 36.0 Å². The molecule has 3 rings (SSSR count). The van der Waals surface area contributed by atoms with Crippen LogP contribution >= 0.6 is 21.6 Å². The maximum absolute atomic E-state index is 13.9. The molecular weight excluding hydrogens is 618 g/mol. The highest BCUT2D eigenvalue weighted by Crippen LogP contribution is 2.36. The van der Waals surface area contributed by atoms with Crippen LogP contribution in [0, 0.1) is 11.8 Å². The van der Waals surface area contributed by atoms with E-state index in [-0.39, 0.29) is 35.7 Å². The topological polar surface area (TPSA) is 163 Å². The number of aromatic amines is 1. The van der Waals surface area contributed by atoms with Crippen LogP contribution in [0.25, 0.3) is 10.9 Å². The first kappa shape index (κ1) is 36.2. The maximum Gasteiger partial charge on any atom is 0.329 e. The van der Waals surface area contributed by atoms with Gasteiger partial charge < -0.3 is 29.8 Å². The number of carbonyl (C=O) groups is 6. The molecule has 1 aliphatic heterocycles. The number of hydrogen-bond donors (Lipinski definition) is 3. The Balaban J connectivity index is 1.75. The average Bonchev–Trinajstić information content (AvgIpc) is 3.61. The Hall–Kier alpha value is -3.32. The van der Waals surface area contributed by atoms with Gasteiger partial charge in [0.2, 0.25) is 11.8 Å². The highest BCUT2D eigenvalue weighted by Gasteiger charge is 2.39. The zero-order valence-corrected chi connectivity index (χ0v) is 28.1. The van der Waals surface area contributed by atoms with Gasteiger partial charge in [-0.25, -0.2) is 4.79 Å². The number of nitrogens with zero attached hydrogens (tertiary/aromatic N) is 1. The summed E-state index contributed by atoms with van der Waals surface area (Å²) in [5.74, 6) is -4.79. The van der Waals surface area contributed by atoms with Crippen LogP contribution in [0.3, 0.4) is 0 Å². The number of ether oxygens (including phenoxy) is 1. The van der Waals surface area contributed by atoms with Gasteiger partial charge in [-0.15, -0.1) is 0 Å². The van der Waals surface area contributed by atoms with Crippen molar-refractivity contribution in [2.24, 2.45) is 11.8 Å². The van der Waals surface area contributed by atoms with Crippen LogP contribution in [-0.2, 0) is 39.9 Å². The first-order valence-electron chi connectivity index (χ1n) is 15.0. The number of carboxylic acid groups (broad SMARTS) is 1. The van der Waals surface area contributed by atoms with E-state index in [1.54, 1.807) is 10.8 Å². The second kappa shape index (κ2) is 16.3. The molecule has 4 atom stereocenters. The van der Waals surface area contributed by atoms with Crippen LogP contribution in [0.4, 0.5) is 0 Å². The Kier molecular flexibility index (Phi) is 13.1. The minimum absolute atomic E-state index is 0.00330. The summed E-state index contributed by atoms with van der Waals surface area (Å²) in [6, 6.07) is 5.79. The van der Waals surface area contributed by atoms with Crippen molar-refractivity contribution in [2.75, 3.05) is 18.9 Å². The van der Waals surface area contributed by atoms with Gasteiger partial charge in [-0.2, -0.15) is 0 Å². The van der Waals surface area contributed by atoms with Crippen molar-refractivity contribution in [2.45, 2.75) is 83.6 Å². The minimum atomic E-state index is -1.12. The van der Waals surface area contributed by atoms with Crippen molar-refractivity contribution in [3.63, 3.8) is 0 Å². The summed E-state index contributed by atoms with van der Waals surface area (Å²) in [5, 5.41) is 12.9. The number of esters is 1. The van der Waals surface area contributed by atoms with Crippen LogP contribution in [0.1, 0.15) is 65.9 Å². The summed E-state index contributed by atoms with van der Waals surface area (Å²) in [5.41, 5.74) is 1.81. The third-order valence-electron chi connectivity index (χ3n) is 7.34. The van der Waals surface area contributed by atoms with Crippen molar-refractivity contribution in [3.8, 4) is 0 Å². The van der Waals surface area contributed by atoms with Gasteiger partial charge in [0.1, 0.15) is 24.5 Å². The van der Waals surface area contributed by atoms with Crippen molar-refractivity contribution < 1.29 is 38.6 Å². The number of carbonyl (C=O) groups excluding carboxylic acids is 5. The smallest absolute Gasteiger partial charge is 0.329 e. The SMILES string of the molecule is CC(=O)C[C@@H](Cc1c[nH]c2ccccc12)C(=O)N[C@H](CSSC(C)(C)C)C(=O)N1CCC[C@H]1C(=O)OCC(=O)C[C@@H](C)C(=O)O. The largest absolute Gasteiger partial charge is 0.481 e. The number of benzene rings is 1. The fraction of sp³-hybridized carbons (Fsp3) is 0.562. The molecule has 0 radical (unpaired) electrons. The number of ketones is 2. The van der Waals surface area contributed by atoms with Crippen LogP contribution in [-0.4, -0.2) is 86.0 Å². The van der Waals surface area contributed by atoms with Gasteiger partial charge >= 0.3 is 11.9 Å². The lowest BCUT2D eigenvalue weighted by Gasteiger charge is -2.29. The number of para-hydroxylation sites is 1. The molecule has 13 heteroatoms. The van der Waals surface area contributed by atoms with E-state index in [1.807, 2.05) is 51.2 Å². The molecule has 0 saturated carbocycles. The van der Waals surface area contributed by atoms with Gasteiger partial charge in [-0.1, -0.05) is 67.5 Å². The lowest BCUT2D eigenvalue weighted by Crippen LogP contribution is -2.54. The summed E-state index contributed by atoms with van der Waals surface area (Å²) in [4.78, 5) is 80.6. The molecule has 1 aromatic carbocycles. The van der Waals surface area contributed by atoms with Gasteiger partial charge in [0.25, 0.3) is 0 Å². The summed E-state index contributed by atoms with van der Waals surface area (Å²) >= 11 is 0. The molecule has 246 valence electrons. The Morgan fingerprint density at radius 2 is 1.84 bits per heavy atom. The second-order valence-electron chi connectivity index (χ2n) is 12.5. The van der Waals surface area contributed by atoms with E-state index in [0.717, 1.165) is 16.5 Å². The number of fused-ring (bicyclic) bond motifs is 1. The van der Waals surface area contributed by atoms with E-state index in [4.69, 9.17) is 9.84 Å². The number of aromatic nitrogens is 1. The molecule has 0 unspecified atom stereocenters. The zero-order chi connectivity index (χ0) is 33.3. The lowest BCUT2D eigenvalue weighted by molar-refractivity contribution is -0.156.